The zero-order chi connectivity index (χ0) is 21.1. The molecule has 3 aromatic rings. The topological polar surface area (TPSA) is 91.6 Å². The summed E-state index contributed by atoms with van der Waals surface area (Å²) < 4.78 is 0. The molecule has 4 rings (SSSR count). The van der Waals surface area contributed by atoms with E-state index in [1.807, 2.05) is 54.3 Å². The molecule has 1 aromatic carbocycles. The third-order valence-corrected chi connectivity index (χ3v) is 6.26. The van der Waals surface area contributed by atoms with Crippen molar-refractivity contribution in [3.05, 3.63) is 76.4 Å². The zero-order valence-corrected chi connectivity index (χ0v) is 17.5. The summed E-state index contributed by atoms with van der Waals surface area (Å²) in [6.45, 7) is 4.09. The van der Waals surface area contributed by atoms with Crippen LogP contribution >= 0.6 is 11.3 Å². The van der Waals surface area contributed by atoms with Crippen molar-refractivity contribution in [1.82, 2.24) is 15.2 Å². The molecule has 0 saturated carbocycles. The number of aryl methyl sites for hydroxylation is 1. The Kier molecular flexibility index (Phi) is 5.67. The van der Waals surface area contributed by atoms with Crippen LogP contribution in [-0.4, -0.2) is 34.9 Å². The number of aromatic nitrogens is 1. The number of carbonyl (C=O) groups is 2. The van der Waals surface area contributed by atoms with E-state index < -0.39 is 0 Å². The van der Waals surface area contributed by atoms with Crippen molar-refractivity contribution < 1.29 is 9.59 Å². The molecule has 1 fully saturated rings. The van der Waals surface area contributed by atoms with Gasteiger partial charge in [0, 0.05) is 44.3 Å². The van der Waals surface area contributed by atoms with Gasteiger partial charge in [0.05, 0.1) is 4.88 Å². The largest absolute Gasteiger partial charge is 0.399 e. The first kappa shape index (κ1) is 19.9. The first-order valence-electron chi connectivity index (χ1n) is 9.69. The van der Waals surface area contributed by atoms with Crippen LogP contribution < -0.4 is 16.0 Å². The van der Waals surface area contributed by atoms with Gasteiger partial charge >= 0.3 is 6.03 Å². The molecule has 0 atom stereocenters. The van der Waals surface area contributed by atoms with Crippen LogP contribution in [0.4, 0.5) is 15.5 Å². The maximum atomic E-state index is 12.9. The number of pyridine rings is 1. The van der Waals surface area contributed by atoms with Gasteiger partial charge in [0.25, 0.3) is 5.91 Å². The average molecular weight is 422 g/mol. The summed E-state index contributed by atoms with van der Waals surface area (Å²) in [4.78, 5) is 33.8. The van der Waals surface area contributed by atoms with Gasteiger partial charge in [-0.15, -0.1) is 11.3 Å². The van der Waals surface area contributed by atoms with Gasteiger partial charge < -0.3 is 16.0 Å². The van der Waals surface area contributed by atoms with Gasteiger partial charge in [0.1, 0.15) is 5.00 Å². The van der Waals surface area contributed by atoms with Crippen molar-refractivity contribution >= 4 is 34.0 Å². The predicted molar refractivity (Wildman–Crippen MR) is 118 cm³/mol. The van der Waals surface area contributed by atoms with Crippen molar-refractivity contribution in [1.29, 1.82) is 0 Å². The number of hydrogen-bond donors (Lipinski definition) is 2. The molecule has 0 spiro atoms. The lowest BCUT2D eigenvalue weighted by molar-refractivity contribution is 0.0954. The maximum absolute atomic E-state index is 12.9. The average Bonchev–Trinajstić information content (AvgIpc) is 3.31. The second-order valence-corrected chi connectivity index (χ2v) is 8.27. The fourth-order valence-corrected chi connectivity index (χ4v) is 4.48. The van der Waals surface area contributed by atoms with Crippen LogP contribution in [0.1, 0.15) is 26.4 Å². The summed E-state index contributed by atoms with van der Waals surface area (Å²) in [6.07, 6.45) is 3.43. The minimum atomic E-state index is -0.141. The number of benzene rings is 1. The molecule has 1 aliphatic rings. The van der Waals surface area contributed by atoms with E-state index in [1.54, 1.807) is 17.3 Å². The number of amides is 3. The standard InChI is InChI=1S/C22H23N5O2S/c1-15-11-19(30-20(15)21(28)25-13-17-3-2-8-24-12-17)27-10-9-26(22(27)29)14-16-4-6-18(23)7-5-16/h2-8,11-12H,9-10,13-14,23H2,1H3,(H,25,28). The van der Waals surface area contributed by atoms with Gasteiger partial charge in [-0.05, 0) is 47.9 Å². The fourth-order valence-electron chi connectivity index (χ4n) is 3.37. The molecule has 0 unspecified atom stereocenters. The highest BCUT2D eigenvalue weighted by Gasteiger charge is 2.31. The highest BCUT2D eigenvalue weighted by molar-refractivity contribution is 7.18. The molecule has 3 heterocycles. The maximum Gasteiger partial charge on any atom is 0.325 e. The molecule has 154 valence electrons. The van der Waals surface area contributed by atoms with Crippen molar-refractivity contribution in [2.45, 2.75) is 20.0 Å². The summed E-state index contributed by atoms with van der Waals surface area (Å²) in [5.74, 6) is -0.141. The first-order valence-corrected chi connectivity index (χ1v) is 10.5. The third kappa shape index (κ3) is 4.28. The van der Waals surface area contributed by atoms with E-state index >= 15 is 0 Å². The number of carbonyl (C=O) groups excluding carboxylic acids is 2. The molecule has 30 heavy (non-hydrogen) atoms. The minimum absolute atomic E-state index is 0.0459. The Balaban J connectivity index is 1.41. The number of thiophene rings is 1. The van der Waals surface area contributed by atoms with E-state index in [4.69, 9.17) is 5.73 Å². The lowest BCUT2D eigenvalue weighted by atomic mass is 10.2. The second-order valence-electron chi connectivity index (χ2n) is 7.24. The van der Waals surface area contributed by atoms with Crippen molar-refractivity contribution in [3.63, 3.8) is 0 Å². The number of hydrogen-bond acceptors (Lipinski definition) is 5. The number of rotatable bonds is 6. The molecule has 1 aliphatic heterocycles. The van der Waals surface area contributed by atoms with E-state index in [2.05, 4.69) is 10.3 Å². The molecular formula is C22H23N5O2S. The minimum Gasteiger partial charge on any atom is -0.399 e. The smallest absolute Gasteiger partial charge is 0.325 e. The van der Waals surface area contributed by atoms with E-state index in [0.717, 1.165) is 21.7 Å². The van der Waals surface area contributed by atoms with Crippen molar-refractivity contribution in [2.24, 2.45) is 0 Å². The van der Waals surface area contributed by atoms with Crippen molar-refractivity contribution in [2.75, 3.05) is 23.7 Å². The predicted octanol–water partition coefficient (Wildman–Crippen LogP) is 3.41. The van der Waals surface area contributed by atoms with Crippen LogP contribution in [0, 0.1) is 6.92 Å². The summed E-state index contributed by atoms with van der Waals surface area (Å²) >= 11 is 1.35. The molecule has 7 nitrogen and oxygen atoms in total. The molecule has 0 radical (unpaired) electrons. The summed E-state index contributed by atoms with van der Waals surface area (Å²) in [5, 5.41) is 3.72. The molecule has 1 saturated heterocycles. The molecule has 8 heteroatoms. The Morgan fingerprint density at radius 3 is 2.73 bits per heavy atom. The highest BCUT2D eigenvalue weighted by Crippen LogP contribution is 2.32. The zero-order valence-electron chi connectivity index (χ0n) is 16.7. The molecule has 3 N–H and O–H groups in total. The van der Waals surface area contributed by atoms with Gasteiger partial charge in [-0.25, -0.2) is 4.79 Å². The summed E-state index contributed by atoms with van der Waals surface area (Å²) in [5.41, 5.74) is 9.28. The van der Waals surface area contributed by atoms with Crippen LogP contribution in [0.5, 0.6) is 0 Å². The van der Waals surface area contributed by atoms with Crippen LogP contribution in [0.25, 0.3) is 0 Å². The summed E-state index contributed by atoms with van der Waals surface area (Å²) in [6, 6.07) is 13.2. The second kappa shape index (κ2) is 8.54. The Bertz CT molecular complexity index is 1050. The number of anilines is 2. The van der Waals surface area contributed by atoms with E-state index in [0.29, 0.717) is 36.7 Å². The normalized spacial score (nSPS) is 13.7. The van der Waals surface area contributed by atoms with Gasteiger partial charge in [0.2, 0.25) is 0 Å². The Hall–Kier alpha value is -3.39. The van der Waals surface area contributed by atoms with Gasteiger partial charge in [-0.3, -0.25) is 14.7 Å². The van der Waals surface area contributed by atoms with Gasteiger partial charge in [-0.1, -0.05) is 18.2 Å². The number of nitrogen functional groups attached to an aromatic ring is 1. The fraction of sp³-hybridized carbons (Fsp3) is 0.227. The summed E-state index contributed by atoms with van der Waals surface area (Å²) in [7, 11) is 0. The Labute approximate surface area is 179 Å². The monoisotopic (exact) mass is 421 g/mol. The quantitative estimate of drug-likeness (QED) is 0.597. The molecule has 0 aliphatic carbocycles. The molecular weight excluding hydrogens is 398 g/mol. The van der Waals surface area contributed by atoms with Gasteiger partial charge in [0.15, 0.2) is 0 Å². The first-order chi connectivity index (χ1) is 14.5. The van der Waals surface area contributed by atoms with Crippen LogP contribution in [0.3, 0.4) is 0 Å². The SMILES string of the molecule is Cc1cc(N2CCN(Cc3ccc(N)cc3)C2=O)sc1C(=O)NCc1cccnc1. The van der Waals surface area contributed by atoms with E-state index in [1.165, 1.54) is 11.3 Å². The molecule has 3 amide bonds. The van der Waals surface area contributed by atoms with Crippen LogP contribution in [0.2, 0.25) is 0 Å². The van der Waals surface area contributed by atoms with Crippen LogP contribution in [0.15, 0.2) is 54.9 Å². The lowest BCUT2D eigenvalue weighted by Gasteiger charge is -2.17. The van der Waals surface area contributed by atoms with Crippen molar-refractivity contribution in [3.8, 4) is 0 Å². The number of urea groups is 1. The van der Waals surface area contributed by atoms with E-state index in [-0.39, 0.29) is 11.9 Å². The van der Waals surface area contributed by atoms with Crippen LogP contribution in [-0.2, 0) is 13.1 Å². The molecule has 2 aromatic heterocycles. The highest BCUT2D eigenvalue weighted by atomic mass is 32.1. The third-order valence-electron chi connectivity index (χ3n) is 5.00. The van der Waals surface area contributed by atoms with Gasteiger partial charge in [-0.2, -0.15) is 0 Å². The number of nitrogens with two attached hydrogens (primary N) is 1. The Morgan fingerprint density at radius 2 is 2.00 bits per heavy atom. The number of nitrogens with one attached hydrogen (secondary N) is 1. The number of nitrogens with zero attached hydrogens (tertiary/aromatic N) is 3. The molecule has 0 bridgehead atoms. The lowest BCUT2D eigenvalue weighted by Crippen LogP contribution is -2.31. The van der Waals surface area contributed by atoms with E-state index in [9.17, 15) is 9.59 Å². The Morgan fingerprint density at radius 1 is 1.20 bits per heavy atom.